The molecule has 2 saturated carbocycles. The van der Waals surface area contributed by atoms with Crippen molar-refractivity contribution in [2.75, 3.05) is 0 Å². The Labute approximate surface area is 239 Å². The van der Waals surface area contributed by atoms with Crippen molar-refractivity contribution in [2.24, 2.45) is 17.3 Å². The molecule has 39 heavy (non-hydrogen) atoms. The summed E-state index contributed by atoms with van der Waals surface area (Å²) in [5, 5.41) is 20.0. The second-order valence-electron chi connectivity index (χ2n) is 13.3. The zero-order valence-electron chi connectivity index (χ0n) is 25.6. The number of aryl methyl sites for hydroxylation is 1. The molecule has 1 aromatic carbocycles. The van der Waals surface area contributed by atoms with Crippen molar-refractivity contribution in [3.05, 3.63) is 29.3 Å². The maximum Gasteiger partial charge on any atom is 0.306 e. The summed E-state index contributed by atoms with van der Waals surface area (Å²) in [5.74, 6) is 2.45. The van der Waals surface area contributed by atoms with Gasteiger partial charge in [-0.2, -0.15) is 0 Å². The number of unbranched alkanes of at least 4 members (excludes halogenated alkanes) is 10. The molecule has 1 aromatic rings. The summed E-state index contributed by atoms with van der Waals surface area (Å²) >= 11 is 0. The highest BCUT2D eigenvalue weighted by atomic mass is 16.5. The lowest BCUT2D eigenvalue weighted by atomic mass is 9.55. The molecule has 0 amide bonds. The third-order valence-corrected chi connectivity index (χ3v) is 10.0. The van der Waals surface area contributed by atoms with Gasteiger partial charge in [-0.05, 0) is 105 Å². The molecule has 2 fully saturated rings. The first-order chi connectivity index (χ1) is 18.8. The van der Waals surface area contributed by atoms with E-state index in [9.17, 15) is 15.0 Å². The number of phenolic OH excluding ortho intramolecular Hbond substituents is 1. The van der Waals surface area contributed by atoms with Gasteiger partial charge in [0.25, 0.3) is 0 Å². The summed E-state index contributed by atoms with van der Waals surface area (Å²) in [6.07, 6.45) is 21.9. The Morgan fingerprint density at radius 3 is 2.23 bits per heavy atom. The van der Waals surface area contributed by atoms with E-state index in [1.165, 1.54) is 94.6 Å². The third kappa shape index (κ3) is 9.23. The van der Waals surface area contributed by atoms with E-state index in [0.29, 0.717) is 24.0 Å². The molecule has 3 aliphatic rings. The number of ether oxygens (including phenoxy) is 1. The monoisotopic (exact) mass is 542 g/mol. The van der Waals surface area contributed by atoms with Gasteiger partial charge in [0.2, 0.25) is 0 Å². The van der Waals surface area contributed by atoms with E-state index >= 15 is 0 Å². The molecule has 4 heteroatoms. The lowest BCUT2D eigenvalue weighted by molar-refractivity contribution is -0.147. The largest absolute Gasteiger partial charge is 0.508 e. The van der Waals surface area contributed by atoms with Crippen molar-refractivity contribution in [1.29, 1.82) is 0 Å². The van der Waals surface area contributed by atoms with Crippen LogP contribution in [0, 0.1) is 17.3 Å². The van der Waals surface area contributed by atoms with Crippen LogP contribution in [0.25, 0.3) is 0 Å². The van der Waals surface area contributed by atoms with Gasteiger partial charge in [0.1, 0.15) is 5.75 Å². The Balaban J connectivity index is 0.000000216. The smallest absolute Gasteiger partial charge is 0.306 e. The average molecular weight is 543 g/mol. The van der Waals surface area contributed by atoms with Gasteiger partial charge in [-0.1, -0.05) is 84.1 Å². The zero-order valence-corrected chi connectivity index (χ0v) is 25.6. The molecular weight excluding hydrogens is 484 g/mol. The van der Waals surface area contributed by atoms with Crippen molar-refractivity contribution in [3.63, 3.8) is 0 Å². The van der Waals surface area contributed by atoms with E-state index in [1.807, 2.05) is 26.0 Å². The summed E-state index contributed by atoms with van der Waals surface area (Å²) < 4.78 is 5.10. The fourth-order valence-electron chi connectivity index (χ4n) is 7.80. The maximum absolute atomic E-state index is 11.3. The number of hydrogen-bond acceptors (Lipinski definition) is 4. The number of aromatic hydroxyl groups is 1. The van der Waals surface area contributed by atoms with Crippen molar-refractivity contribution in [2.45, 2.75) is 161 Å². The number of rotatable bonds is 13. The lowest BCUT2D eigenvalue weighted by Gasteiger charge is -2.50. The Morgan fingerprint density at radius 2 is 1.59 bits per heavy atom. The molecule has 5 atom stereocenters. The number of benzene rings is 1. The van der Waals surface area contributed by atoms with Crippen molar-refractivity contribution < 1.29 is 19.7 Å². The first-order valence-electron chi connectivity index (χ1n) is 16.5. The van der Waals surface area contributed by atoms with Crippen LogP contribution in [0.15, 0.2) is 18.2 Å². The molecule has 0 saturated heterocycles. The number of aliphatic hydroxyl groups excluding tert-OH is 1. The summed E-state index contributed by atoms with van der Waals surface area (Å²) in [6, 6.07) is 5.96. The van der Waals surface area contributed by atoms with Gasteiger partial charge in [0, 0.05) is 6.42 Å². The number of esters is 1. The Kier molecular flexibility index (Phi) is 13.1. The summed E-state index contributed by atoms with van der Waals surface area (Å²) in [6.45, 7) is 8.38. The van der Waals surface area contributed by atoms with Gasteiger partial charge in [-0.25, -0.2) is 0 Å². The minimum Gasteiger partial charge on any atom is -0.508 e. The third-order valence-electron chi connectivity index (χ3n) is 10.0. The fraction of sp³-hybridized carbons (Fsp3) is 0.800. The molecular formula is C35H58O4. The number of fused-ring (bicyclic) bond motifs is 5. The molecule has 0 radical (unpaired) electrons. The van der Waals surface area contributed by atoms with Crippen LogP contribution in [0.2, 0.25) is 0 Å². The van der Waals surface area contributed by atoms with E-state index < -0.39 is 0 Å². The Bertz CT molecular complexity index is 864. The molecule has 3 aliphatic carbocycles. The first kappa shape index (κ1) is 32.0. The second kappa shape index (κ2) is 16.0. The molecule has 222 valence electrons. The molecule has 4 nitrogen and oxygen atoms in total. The van der Waals surface area contributed by atoms with Crippen molar-refractivity contribution in [1.82, 2.24) is 0 Å². The quantitative estimate of drug-likeness (QED) is 0.192. The van der Waals surface area contributed by atoms with Crippen LogP contribution in [0.4, 0.5) is 0 Å². The molecule has 0 heterocycles. The van der Waals surface area contributed by atoms with Crippen LogP contribution in [0.5, 0.6) is 5.75 Å². The van der Waals surface area contributed by atoms with Crippen molar-refractivity contribution in [3.8, 4) is 5.75 Å². The maximum atomic E-state index is 11.3. The minimum atomic E-state index is -0.0883. The number of carbonyl (C=O) groups excluding carboxylic acids is 1. The summed E-state index contributed by atoms with van der Waals surface area (Å²) in [7, 11) is 0. The van der Waals surface area contributed by atoms with E-state index in [1.54, 1.807) is 0 Å². The van der Waals surface area contributed by atoms with E-state index in [2.05, 4.69) is 19.9 Å². The minimum absolute atomic E-state index is 0.0280. The van der Waals surface area contributed by atoms with Gasteiger partial charge in [0.05, 0.1) is 12.2 Å². The SMILES string of the molecule is CCCCCCCCCCCCCC(=O)OC(C)C.C[C@]12CC[C@@H]3c4ccc(O)cc4CC[C@H]3[C@@H]1CCC2O. The highest BCUT2D eigenvalue weighted by molar-refractivity contribution is 5.69. The molecule has 0 spiro atoms. The predicted octanol–water partition coefficient (Wildman–Crippen LogP) is 9.25. The van der Waals surface area contributed by atoms with Gasteiger partial charge in [0.15, 0.2) is 0 Å². The van der Waals surface area contributed by atoms with Crippen LogP contribution >= 0.6 is 0 Å². The number of hydrogen-bond donors (Lipinski definition) is 2. The van der Waals surface area contributed by atoms with Gasteiger partial charge >= 0.3 is 5.97 Å². The fourth-order valence-corrected chi connectivity index (χ4v) is 7.80. The molecule has 0 aliphatic heterocycles. The van der Waals surface area contributed by atoms with E-state index in [4.69, 9.17) is 4.74 Å². The molecule has 2 N–H and O–H groups in total. The highest BCUT2D eigenvalue weighted by Crippen LogP contribution is 2.60. The van der Waals surface area contributed by atoms with Crippen molar-refractivity contribution >= 4 is 5.97 Å². The predicted molar refractivity (Wildman–Crippen MR) is 161 cm³/mol. The van der Waals surface area contributed by atoms with Crippen LogP contribution in [0.3, 0.4) is 0 Å². The Morgan fingerprint density at radius 1 is 0.949 bits per heavy atom. The normalized spacial score (nSPS) is 27.2. The topological polar surface area (TPSA) is 66.8 Å². The summed E-state index contributed by atoms with van der Waals surface area (Å²) in [4.78, 5) is 11.3. The summed E-state index contributed by atoms with van der Waals surface area (Å²) in [5.41, 5.74) is 2.99. The lowest BCUT2D eigenvalue weighted by Crippen LogP contribution is -2.43. The van der Waals surface area contributed by atoms with Gasteiger partial charge in [-0.3, -0.25) is 4.79 Å². The number of phenols is 1. The second-order valence-corrected chi connectivity index (χ2v) is 13.3. The standard InChI is InChI=1S/C18H24O2.C17H34O2/c1-18-9-8-14-13-5-3-12(19)10-11(13)2-4-15(14)16(18)6-7-17(18)20;1-4-5-6-7-8-9-10-11-12-13-14-15-17(18)19-16(2)3/h3,5,10,14-17,19-20H,2,4,6-9H2,1H3;16H,4-15H2,1-3H3/t14-,15-,16+,17?,18+;/m1./s1. The Hall–Kier alpha value is -1.55. The average Bonchev–Trinajstić information content (AvgIpc) is 3.21. The molecule has 0 bridgehead atoms. The van der Waals surface area contributed by atoms with E-state index in [-0.39, 0.29) is 23.6 Å². The first-order valence-corrected chi connectivity index (χ1v) is 16.5. The van der Waals surface area contributed by atoms with Gasteiger partial charge < -0.3 is 14.9 Å². The van der Waals surface area contributed by atoms with E-state index in [0.717, 1.165) is 31.6 Å². The highest BCUT2D eigenvalue weighted by Gasteiger charge is 2.54. The van der Waals surface area contributed by atoms with Crippen LogP contribution in [0.1, 0.15) is 154 Å². The molecule has 4 rings (SSSR count). The zero-order chi connectivity index (χ0) is 28.3. The van der Waals surface area contributed by atoms with Crippen LogP contribution in [-0.4, -0.2) is 28.4 Å². The van der Waals surface area contributed by atoms with Crippen LogP contribution in [-0.2, 0) is 16.0 Å². The van der Waals surface area contributed by atoms with Crippen LogP contribution < -0.4 is 0 Å². The molecule has 0 aromatic heterocycles. The number of carbonyl (C=O) groups is 1. The number of aliphatic hydroxyl groups is 1. The van der Waals surface area contributed by atoms with Gasteiger partial charge in [-0.15, -0.1) is 0 Å². The molecule has 1 unspecified atom stereocenters.